The number of nitrogens with one attached hydrogen (secondary N) is 1. The molecule has 0 heterocycles. The molecule has 0 spiro atoms. The second-order valence-corrected chi connectivity index (χ2v) is 29.2. The summed E-state index contributed by atoms with van der Waals surface area (Å²) in [6.45, 7) is 6.75. The number of quaternary nitrogens is 1. The van der Waals surface area contributed by atoms with Crippen LogP contribution < -0.4 is 10.2 Å². The van der Waals surface area contributed by atoms with Gasteiger partial charge < -0.3 is 28.5 Å². The Morgan fingerprint density at radius 2 is 0.688 bits per heavy atom. The normalized spacial score (nSPS) is 13.9. The molecule has 9 nitrogen and oxygen atoms in total. The van der Waals surface area contributed by atoms with Gasteiger partial charge in [0.25, 0.3) is 7.82 Å². The molecule has 10 heteroatoms. The lowest BCUT2D eigenvalue weighted by Gasteiger charge is -2.30. The predicted octanol–water partition coefficient (Wildman–Crippen LogP) is 25.2. The number of phosphoric acid groups is 1. The van der Waals surface area contributed by atoms with Gasteiger partial charge in [0.15, 0.2) is 0 Å². The Kier molecular flexibility index (Phi) is 69.3. The SMILES string of the molecule is CC/C=C\C/C=C\C/C=C\C/C=C\C/C=C\CCCCCCCCCCCCCC(=O)NC(COP(=O)([O-])OCC[N+](C)(C)C)C(/C=C/CCCCCCCCCCCCC)OC(=O)CCCCCCCCCCCCCCCCCCC/C=C\C/C=C\CCCCC. The molecule has 540 valence electrons. The zero-order chi connectivity index (χ0) is 67.8. The molecule has 0 aliphatic carbocycles. The molecule has 3 unspecified atom stereocenters. The Balaban J connectivity index is 4.97. The van der Waals surface area contributed by atoms with Gasteiger partial charge in [-0.2, -0.15) is 0 Å². The number of nitrogens with zero attached hydrogens (tertiary/aromatic N) is 1. The summed E-state index contributed by atoms with van der Waals surface area (Å²) in [5, 5.41) is 3.06. The van der Waals surface area contributed by atoms with E-state index < -0.39 is 26.6 Å². The summed E-state index contributed by atoms with van der Waals surface area (Å²) in [6.07, 6.45) is 98.3. The third kappa shape index (κ3) is 73.0. The Bertz CT molecular complexity index is 1910. The number of esters is 1. The Hall–Kier alpha value is -3.07. The maximum Gasteiger partial charge on any atom is 0.306 e. The highest BCUT2D eigenvalue weighted by Gasteiger charge is 2.27. The molecule has 93 heavy (non-hydrogen) atoms. The number of carbonyl (C=O) groups excluding carboxylic acids is 2. The lowest BCUT2D eigenvalue weighted by atomic mass is 10.0. The number of amides is 1. The van der Waals surface area contributed by atoms with E-state index in [0.717, 1.165) is 109 Å². The molecule has 0 aromatic heterocycles. The number of hydrogen-bond acceptors (Lipinski definition) is 7. The van der Waals surface area contributed by atoms with E-state index in [0.29, 0.717) is 17.4 Å². The molecule has 0 aromatic carbocycles. The zero-order valence-corrected chi connectivity index (χ0v) is 62.8. The van der Waals surface area contributed by atoms with Crippen LogP contribution >= 0.6 is 7.82 Å². The molecule has 1 amide bonds. The molecule has 0 radical (unpaired) electrons. The van der Waals surface area contributed by atoms with E-state index in [4.69, 9.17) is 13.8 Å². The van der Waals surface area contributed by atoms with Crippen LogP contribution in [-0.4, -0.2) is 69.4 Å². The maximum absolute atomic E-state index is 13.7. The van der Waals surface area contributed by atoms with Crippen molar-refractivity contribution in [1.29, 1.82) is 0 Å². The van der Waals surface area contributed by atoms with E-state index in [1.807, 2.05) is 33.3 Å². The molecule has 0 aliphatic heterocycles. The smallest absolute Gasteiger partial charge is 0.306 e. The quantitative estimate of drug-likeness (QED) is 0.0212. The lowest BCUT2D eigenvalue weighted by Crippen LogP contribution is -2.47. The first kappa shape index (κ1) is 89.9. The molecular weight excluding hydrogens is 1170 g/mol. The first-order valence-corrected chi connectivity index (χ1v) is 41.0. The van der Waals surface area contributed by atoms with Crippen LogP contribution in [0, 0.1) is 0 Å². The average molecular weight is 1320 g/mol. The summed E-state index contributed by atoms with van der Waals surface area (Å²) >= 11 is 0. The standard InChI is InChI=1S/C83H151N2O7P/c1-7-10-13-16-19-22-25-28-30-32-34-36-38-40-42-44-46-48-50-52-54-57-60-63-66-69-72-75-82(86)84-80(79-91-93(88,89)90-78-77-85(4,5)6)81(74-71-68-65-62-59-56-27-24-21-18-15-12-9-3)92-83(87)76-73-70-67-64-61-58-55-53-51-49-47-45-43-41-39-37-35-33-31-29-26-23-20-17-14-11-8-2/h10,13,19-20,22-23,28-31,34,36,40,42,71,74,80-81H,7-9,11-12,14-18,21,24-27,32-33,35,37-39,41,43-70,72-73,75-79H2,1-6H3,(H-,84,86,88,89)/b13-10-,22-19-,23-20-,30-28-,31-29-,36-34-,42-40-,74-71+. The number of phosphoric ester groups is 1. The van der Waals surface area contributed by atoms with Gasteiger partial charge in [-0.1, -0.05) is 343 Å². The molecule has 0 bridgehead atoms. The highest BCUT2D eigenvalue weighted by Crippen LogP contribution is 2.38. The molecule has 1 N–H and O–H groups in total. The minimum absolute atomic E-state index is 0.0247. The molecular formula is C83H151N2O7P. The van der Waals surface area contributed by atoms with Crippen molar-refractivity contribution in [3.8, 4) is 0 Å². The van der Waals surface area contributed by atoms with Gasteiger partial charge in [-0.25, -0.2) is 0 Å². The Labute approximate surface area is 577 Å². The number of hydrogen-bond donors (Lipinski definition) is 1. The number of unbranched alkanes of at least 4 members (excludes halogenated alkanes) is 42. The number of rotatable bonds is 72. The van der Waals surface area contributed by atoms with Crippen LogP contribution in [0.2, 0.25) is 0 Å². The van der Waals surface area contributed by atoms with Crippen molar-refractivity contribution in [2.24, 2.45) is 0 Å². The van der Waals surface area contributed by atoms with Gasteiger partial charge in [0.1, 0.15) is 19.3 Å². The fourth-order valence-corrected chi connectivity index (χ4v) is 12.2. The number of carbonyl (C=O) groups is 2. The van der Waals surface area contributed by atoms with Crippen LogP contribution in [0.4, 0.5) is 0 Å². The van der Waals surface area contributed by atoms with Crippen molar-refractivity contribution >= 4 is 19.7 Å². The van der Waals surface area contributed by atoms with Gasteiger partial charge in [0, 0.05) is 12.8 Å². The second kappa shape index (κ2) is 71.7. The number of allylic oxidation sites excluding steroid dienone is 15. The van der Waals surface area contributed by atoms with Crippen LogP contribution in [0.5, 0.6) is 0 Å². The fraction of sp³-hybridized carbons (Fsp3) is 0.783. The summed E-state index contributed by atoms with van der Waals surface area (Å²) in [4.78, 5) is 40.4. The van der Waals surface area contributed by atoms with Crippen LogP contribution in [0.15, 0.2) is 97.2 Å². The number of ether oxygens (including phenoxy) is 1. The van der Waals surface area contributed by atoms with E-state index in [2.05, 4.69) is 111 Å². The zero-order valence-electron chi connectivity index (χ0n) is 61.9. The molecule has 0 saturated heterocycles. The van der Waals surface area contributed by atoms with Crippen molar-refractivity contribution in [3.63, 3.8) is 0 Å². The van der Waals surface area contributed by atoms with Crippen LogP contribution in [0.25, 0.3) is 0 Å². The summed E-state index contributed by atoms with van der Waals surface area (Å²) < 4.78 is 30.6. The second-order valence-electron chi connectivity index (χ2n) is 27.8. The molecule has 0 saturated carbocycles. The average Bonchev–Trinajstić information content (AvgIpc) is 2.31. The monoisotopic (exact) mass is 1320 g/mol. The van der Waals surface area contributed by atoms with Gasteiger partial charge >= 0.3 is 5.97 Å². The molecule has 3 atom stereocenters. The van der Waals surface area contributed by atoms with Crippen LogP contribution in [-0.2, 0) is 27.9 Å². The van der Waals surface area contributed by atoms with Crippen LogP contribution in [0.3, 0.4) is 0 Å². The minimum atomic E-state index is -4.71. The third-order valence-electron chi connectivity index (χ3n) is 17.5. The van der Waals surface area contributed by atoms with Crippen LogP contribution in [0.1, 0.15) is 367 Å². The summed E-state index contributed by atoms with van der Waals surface area (Å²) in [5.74, 6) is -0.532. The van der Waals surface area contributed by atoms with Gasteiger partial charge in [-0.05, 0) is 109 Å². The third-order valence-corrected chi connectivity index (χ3v) is 18.5. The Morgan fingerprint density at radius 3 is 1.05 bits per heavy atom. The topological polar surface area (TPSA) is 114 Å². The first-order valence-electron chi connectivity index (χ1n) is 39.5. The molecule has 0 aromatic rings. The van der Waals surface area contributed by atoms with Gasteiger partial charge in [0.05, 0.1) is 33.8 Å². The predicted molar refractivity (Wildman–Crippen MR) is 404 cm³/mol. The van der Waals surface area contributed by atoms with Crippen molar-refractivity contribution in [2.45, 2.75) is 380 Å². The van der Waals surface area contributed by atoms with Gasteiger partial charge in [-0.15, -0.1) is 0 Å². The van der Waals surface area contributed by atoms with E-state index in [9.17, 15) is 19.0 Å². The fourth-order valence-electron chi connectivity index (χ4n) is 11.5. The van der Waals surface area contributed by atoms with E-state index >= 15 is 0 Å². The van der Waals surface area contributed by atoms with Gasteiger partial charge in [0.2, 0.25) is 5.91 Å². The highest BCUT2D eigenvalue weighted by atomic mass is 31.2. The summed E-state index contributed by atoms with van der Waals surface area (Å²) in [7, 11) is 1.19. The maximum atomic E-state index is 13.7. The molecule has 0 rings (SSSR count). The largest absolute Gasteiger partial charge is 0.756 e. The van der Waals surface area contributed by atoms with Crippen molar-refractivity contribution in [3.05, 3.63) is 97.2 Å². The van der Waals surface area contributed by atoms with E-state index in [1.54, 1.807) is 0 Å². The minimum Gasteiger partial charge on any atom is -0.756 e. The molecule has 0 fully saturated rings. The molecule has 0 aliphatic rings. The highest BCUT2D eigenvalue weighted by molar-refractivity contribution is 7.45. The van der Waals surface area contributed by atoms with Crippen molar-refractivity contribution < 1.29 is 37.3 Å². The Morgan fingerprint density at radius 1 is 0.387 bits per heavy atom. The number of likely N-dealkylation sites (N-methyl/N-ethyl adjacent to an activating group) is 1. The van der Waals surface area contributed by atoms with E-state index in [1.165, 1.54) is 225 Å². The lowest BCUT2D eigenvalue weighted by molar-refractivity contribution is -0.870. The van der Waals surface area contributed by atoms with Crippen molar-refractivity contribution in [1.82, 2.24) is 5.32 Å². The van der Waals surface area contributed by atoms with E-state index in [-0.39, 0.29) is 24.9 Å². The van der Waals surface area contributed by atoms with Gasteiger partial charge in [-0.3, -0.25) is 14.2 Å². The summed E-state index contributed by atoms with van der Waals surface area (Å²) in [5.41, 5.74) is 0. The van der Waals surface area contributed by atoms with Crippen molar-refractivity contribution in [2.75, 3.05) is 40.9 Å². The summed E-state index contributed by atoms with van der Waals surface area (Å²) in [6, 6.07) is -0.895. The first-order chi connectivity index (χ1) is 45.4.